The fourth-order valence-electron chi connectivity index (χ4n) is 3.56. The molecule has 0 radical (unpaired) electrons. The lowest BCUT2D eigenvalue weighted by Crippen LogP contribution is -2.50. The van der Waals surface area contributed by atoms with Crippen molar-refractivity contribution in [2.75, 3.05) is 31.1 Å². The summed E-state index contributed by atoms with van der Waals surface area (Å²) in [5.41, 5.74) is 0.0750. The van der Waals surface area contributed by atoms with Gasteiger partial charge >= 0.3 is 6.18 Å². The molecule has 0 aliphatic carbocycles. The third-order valence-electron chi connectivity index (χ3n) is 5.21. The fourth-order valence-corrected chi connectivity index (χ4v) is 3.56. The highest BCUT2D eigenvalue weighted by molar-refractivity contribution is 5.79. The van der Waals surface area contributed by atoms with Crippen molar-refractivity contribution in [2.24, 2.45) is 0 Å². The molecule has 3 aromatic rings. The van der Waals surface area contributed by atoms with Gasteiger partial charge in [-0.3, -0.25) is 14.2 Å². The van der Waals surface area contributed by atoms with E-state index in [0.29, 0.717) is 42.8 Å². The van der Waals surface area contributed by atoms with Gasteiger partial charge in [-0.05, 0) is 30.3 Å². The van der Waals surface area contributed by atoms with E-state index in [1.807, 2.05) is 4.90 Å². The maximum atomic E-state index is 12.9. The highest BCUT2D eigenvalue weighted by atomic mass is 19.4. The van der Waals surface area contributed by atoms with Crippen LogP contribution in [0.2, 0.25) is 0 Å². The van der Waals surface area contributed by atoms with Crippen molar-refractivity contribution in [1.82, 2.24) is 14.5 Å². The Morgan fingerprint density at radius 1 is 1.00 bits per heavy atom. The number of nitrogens with zero attached hydrogens (tertiary/aromatic N) is 4. The van der Waals surface area contributed by atoms with Crippen LogP contribution in [-0.4, -0.2) is 46.5 Å². The molecule has 1 aliphatic rings. The van der Waals surface area contributed by atoms with Gasteiger partial charge in [-0.25, -0.2) is 4.98 Å². The van der Waals surface area contributed by atoms with E-state index in [1.54, 1.807) is 35.2 Å². The predicted molar refractivity (Wildman–Crippen MR) is 106 cm³/mol. The summed E-state index contributed by atoms with van der Waals surface area (Å²) in [6.07, 6.45) is -3.03. The zero-order valence-corrected chi connectivity index (χ0v) is 16.0. The minimum absolute atomic E-state index is 0.125. The number of halogens is 3. The summed E-state index contributed by atoms with van der Waals surface area (Å²) in [7, 11) is 0. The monoisotopic (exact) mass is 416 g/mol. The van der Waals surface area contributed by atoms with Gasteiger partial charge in [0.05, 0.1) is 22.8 Å². The Morgan fingerprint density at radius 3 is 2.47 bits per heavy atom. The molecular weight excluding hydrogens is 397 g/mol. The van der Waals surface area contributed by atoms with E-state index in [1.165, 1.54) is 17.0 Å². The number of hydrogen-bond acceptors (Lipinski definition) is 4. The van der Waals surface area contributed by atoms with Crippen LogP contribution >= 0.6 is 0 Å². The highest BCUT2D eigenvalue weighted by Gasteiger charge is 2.31. The van der Waals surface area contributed by atoms with E-state index in [0.717, 1.165) is 12.1 Å². The molecule has 0 atom stereocenters. The lowest BCUT2D eigenvalue weighted by molar-refractivity contribution is -0.137. The second-order valence-electron chi connectivity index (χ2n) is 7.11. The number of fused-ring (bicyclic) bond motifs is 1. The summed E-state index contributed by atoms with van der Waals surface area (Å²) in [4.78, 5) is 32.9. The maximum absolute atomic E-state index is 12.9. The molecule has 0 unspecified atom stereocenters. The Kier molecular flexibility index (Phi) is 5.19. The van der Waals surface area contributed by atoms with Crippen molar-refractivity contribution >= 4 is 22.5 Å². The molecule has 4 rings (SSSR count). The van der Waals surface area contributed by atoms with Gasteiger partial charge in [0, 0.05) is 31.9 Å². The van der Waals surface area contributed by atoms with Crippen LogP contribution in [0.25, 0.3) is 10.9 Å². The van der Waals surface area contributed by atoms with Gasteiger partial charge in [-0.15, -0.1) is 0 Å². The Hall–Kier alpha value is -3.36. The van der Waals surface area contributed by atoms with Crippen LogP contribution in [0.15, 0.2) is 59.7 Å². The third kappa shape index (κ3) is 4.00. The SMILES string of the molecule is O=C(Cn1cnc2ccccc2c1=O)N1CCN(c2cccc(C(F)(F)F)c2)CC1. The molecule has 0 N–H and O–H groups in total. The smallest absolute Gasteiger partial charge is 0.368 e. The van der Waals surface area contributed by atoms with Crippen molar-refractivity contribution < 1.29 is 18.0 Å². The minimum atomic E-state index is -4.39. The van der Waals surface area contributed by atoms with Crippen molar-refractivity contribution in [3.8, 4) is 0 Å². The van der Waals surface area contributed by atoms with Crippen LogP contribution in [0.1, 0.15) is 5.56 Å². The first-order valence-corrected chi connectivity index (χ1v) is 9.47. The van der Waals surface area contributed by atoms with Gasteiger partial charge in [0.2, 0.25) is 5.91 Å². The molecule has 0 spiro atoms. The molecule has 1 aromatic heterocycles. The van der Waals surface area contributed by atoms with Gasteiger partial charge in [-0.1, -0.05) is 18.2 Å². The van der Waals surface area contributed by atoms with Crippen molar-refractivity contribution in [1.29, 1.82) is 0 Å². The number of piperazine rings is 1. The van der Waals surface area contributed by atoms with Crippen LogP contribution < -0.4 is 10.5 Å². The molecule has 6 nitrogen and oxygen atoms in total. The van der Waals surface area contributed by atoms with Crippen LogP contribution in [0.5, 0.6) is 0 Å². The number of amides is 1. The zero-order chi connectivity index (χ0) is 21.3. The highest BCUT2D eigenvalue weighted by Crippen LogP contribution is 2.31. The number of rotatable bonds is 3. The molecule has 30 heavy (non-hydrogen) atoms. The number of carbonyl (C=O) groups is 1. The summed E-state index contributed by atoms with van der Waals surface area (Å²) in [6, 6.07) is 12.1. The molecule has 9 heteroatoms. The topological polar surface area (TPSA) is 58.4 Å². The molecule has 156 valence electrons. The lowest BCUT2D eigenvalue weighted by Gasteiger charge is -2.36. The summed E-state index contributed by atoms with van der Waals surface area (Å²) in [6.45, 7) is 1.44. The van der Waals surface area contributed by atoms with E-state index >= 15 is 0 Å². The van der Waals surface area contributed by atoms with E-state index in [4.69, 9.17) is 0 Å². The molecule has 1 aliphatic heterocycles. The second-order valence-corrected chi connectivity index (χ2v) is 7.11. The first kappa shape index (κ1) is 19.9. The van der Waals surface area contributed by atoms with E-state index in [9.17, 15) is 22.8 Å². The number of alkyl halides is 3. The molecule has 2 aromatic carbocycles. The standard InChI is InChI=1S/C21H19F3N4O2/c22-21(23,24)15-4-3-5-16(12-15)26-8-10-27(11-9-26)19(29)13-28-14-25-18-7-2-1-6-17(18)20(28)30/h1-7,12,14H,8-11,13H2. The van der Waals surface area contributed by atoms with Gasteiger partial charge in [0.25, 0.3) is 5.56 Å². The van der Waals surface area contributed by atoms with Gasteiger partial charge in [0.1, 0.15) is 6.54 Å². The van der Waals surface area contributed by atoms with Crippen molar-refractivity contribution in [2.45, 2.75) is 12.7 Å². The number of aromatic nitrogens is 2. The van der Waals surface area contributed by atoms with Crippen LogP contribution in [0.4, 0.5) is 18.9 Å². The molecule has 0 saturated carbocycles. The Balaban J connectivity index is 1.42. The average molecular weight is 416 g/mol. The van der Waals surface area contributed by atoms with Gasteiger partial charge < -0.3 is 9.80 Å². The first-order valence-electron chi connectivity index (χ1n) is 9.47. The molecule has 0 bridgehead atoms. The molecule has 1 fully saturated rings. The molecular formula is C21H19F3N4O2. The van der Waals surface area contributed by atoms with Crippen LogP contribution in [0, 0.1) is 0 Å². The first-order chi connectivity index (χ1) is 14.3. The average Bonchev–Trinajstić information content (AvgIpc) is 2.75. The fraction of sp³-hybridized carbons (Fsp3) is 0.286. The minimum Gasteiger partial charge on any atom is -0.368 e. The van der Waals surface area contributed by atoms with Crippen LogP contribution in [-0.2, 0) is 17.5 Å². The van der Waals surface area contributed by atoms with E-state index in [-0.39, 0.29) is 18.0 Å². The quantitative estimate of drug-likeness (QED) is 0.659. The van der Waals surface area contributed by atoms with Crippen molar-refractivity contribution in [3.63, 3.8) is 0 Å². The molecule has 1 saturated heterocycles. The Labute approximate surface area is 170 Å². The summed E-state index contributed by atoms with van der Waals surface area (Å²) < 4.78 is 40.1. The predicted octanol–water partition coefficient (Wildman–Crippen LogP) is 2.76. The zero-order valence-electron chi connectivity index (χ0n) is 16.0. The Bertz CT molecular complexity index is 1130. The summed E-state index contributed by atoms with van der Waals surface area (Å²) >= 11 is 0. The number of benzene rings is 2. The number of carbonyl (C=O) groups excluding carboxylic acids is 1. The molecule has 1 amide bonds. The number of hydrogen-bond donors (Lipinski definition) is 0. The number of anilines is 1. The van der Waals surface area contributed by atoms with Gasteiger partial charge in [0.15, 0.2) is 0 Å². The summed E-state index contributed by atoms with van der Waals surface area (Å²) in [5, 5.41) is 0.446. The van der Waals surface area contributed by atoms with E-state index in [2.05, 4.69) is 4.98 Å². The summed E-state index contributed by atoms with van der Waals surface area (Å²) in [5.74, 6) is -0.224. The second kappa shape index (κ2) is 7.81. The number of para-hydroxylation sites is 1. The van der Waals surface area contributed by atoms with Crippen LogP contribution in [0.3, 0.4) is 0 Å². The normalized spacial score (nSPS) is 14.9. The van der Waals surface area contributed by atoms with E-state index < -0.39 is 11.7 Å². The Morgan fingerprint density at radius 2 is 1.73 bits per heavy atom. The van der Waals surface area contributed by atoms with Gasteiger partial charge in [-0.2, -0.15) is 13.2 Å². The lowest BCUT2D eigenvalue weighted by atomic mass is 10.1. The van der Waals surface area contributed by atoms with Crippen molar-refractivity contribution in [3.05, 3.63) is 70.8 Å². The third-order valence-corrected chi connectivity index (χ3v) is 5.21. The molecule has 2 heterocycles. The maximum Gasteiger partial charge on any atom is 0.416 e. The largest absolute Gasteiger partial charge is 0.416 e.